The summed E-state index contributed by atoms with van der Waals surface area (Å²) in [5.74, 6) is 0.972. The largest absolute Gasteiger partial charge is 0.341 e. The van der Waals surface area contributed by atoms with Crippen LogP contribution in [0.4, 0.5) is 0 Å². The Kier molecular flexibility index (Phi) is 4.87. The molecular weight excluding hydrogens is 358 g/mol. The summed E-state index contributed by atoms with van der Waals surface area (Å²) in [6.07, 6.45) is 4.17. The molecule has 0 N–H and O–H groups in total. The second-order valence-electron chi connectivity index (χ2n) is 7.26. The molecule has 3 fully saturated rings. The van der Waals surface area contributed by atoms with E-state index >= 15 is 0 Å². The van der Waals surface area contributed by atoms with Gasteiger partial charge >= 0.3 is 0 Å². The van der Waals surface area contributed by atoms with E-state index in [-0.39, 0.29) is 11.9 Å². The van der Waals surface area contributed by atoms with Gasteiger partial charge in [0.25, 0.3) is 10.0 Å². The van der Waals surface area contributed by atoms with Crippen molar-refractivity contribution in [2.45, 2.75) is 35.9 Å². The highest BCUT2D eigenvalue weighted by molar-refractivity contribution is 7.91. The molecule has 0 aromatic carbocycles. The fraction of sp³-hybridized carbons (Fsp3) is 0.706. The lowest BCUT2D eigenvalue weighted by Gasteiger charge is -2.26. The number of hydrogen-bond acceptors (Lipinski definition) is 5. The minimum atomic E-state index is -3.39. The third-order valence-corrected chi connectivity index (χ3v) is 8.74. The van der Waals surface area contributed by atoms with E-state index in [1.807, 2.05) is 4.90 Å². The van der Waals surface area contributed by atoms with E-state index in [1.165, 1.54) is 24.2 Å². The first-order chi connectivity index (χ1) is 12.1. The van der Waals surface area contributed by atoms with Crippen LogP contribution in [-0.4, -0.2) is 73.7 Å². The third kappa shape index (κ3) is 3.63. The Morgan fingerprint density at radius 2 is 1.92 bits per heavy atom. The molecule has 1 saturated carbocycles. The van der Waals surface area contributed by atoms with Crippen molar-refractivity contribution in [2.24, 2.45) is 5.92 Å². The summed E-state index contributed by atoms with van der Waals surface area (Å²) in [5, 5.41) is 1.79. The molecule has 3 heterocycles. The molecule has 2 saturated heterocycles. The lowest BCUT2D eigenvalue weighted by molar-refractivity contribution is -0.132. The van der Waals surface area contributed by atoms with Gasteiger partial charge in [-0.05, 0) is 43.0 Å². The van der Waals surface area contributed by atoms with Gasteiger partial charge in [-0.1, -0.05) is 6.07 Å². The van der Waals surface area contributed by atoms with Gasteiger partial charge in [0, 0.05) is 39.3 Å². The molecule has 8 heteroatoms. The molecular formula is C17H25N3O3S2. The summed E-state index contributed by atoms with van der Waals surface area (Å²) < 4.78 is 27.4. The molecule has 138 valence electrons. The maximum absolute atomic E-state index is 12.7. The maximum atomic E-state index is 12.7. The predicted molar refractivity (Wildman–Crippen MR) is 97.0 cm³/mol. The van der Waals surface area contributed by atoms with Crippen molar-refractivity contribution in [3.05, 3.63) is 17.5 Å². The number of amides is 1. The van der Waals surface area contributed by atoms with Crippen molar-refractivity contribution in [1.82, 2.24) is 14.1 Å². The zero-order valence-electron chi connectivity index (χ0n) is 14.3. The molecule has 2 aliphatic heterocycles. The highest BCUT2D eigenvalue weighted by Gasteiger charge is 2.39. The SMILES string of the molecule is O=C1[C@@H](N2CCCN(S(=O)(=O)c3cccs3)CC2)CCN1CC1CC1. The van der Waals surface area contributed by atoms with Crippen LogP contribution < -0.4 is 0 Å². The average molecular weight is 384 g/mol. The summed E-state index contributed by atoms with van der Waals surface area (Å²) in [6, 6.07) is 3.38. The topological polar surface area (TPSA) is 60.9 Å². The number of carbonyl (C=O) groups excluding carboxylic acids is 1. The number of hydrogen-bond donors (Lipinski definition) is 0. The minimum Gasteiger partial charge on any atom is -0.341 e. The van der Waals surface area contributed by atoms with E-state index in [1.54, 1.807) is 21.8 Å². The number of rotatable bonds is 5. The van der Waals surface area contributed by atoms with Crippen LogP contribution in [0.15, 0.2) is 21.7 Å². The van der Waals surface area contributed by atoms with E-state index in [0.29, 0.717) is 23.8 Å². The van der Waals surface area contributed by atoms with Crippen LogP contribution in [0.3, 0.4) is 0 Å². The van der Waals surface area contributed by atoms with E-state index in [2.05, 4.69) is 4.90 Å². The lowest BCUT2D eigenvalue weighted by Crippen LogP contribution is -2.44. The molecule has 1 amide bonds. The van der Waals surface area contributed by atoms with Gasteiger partial charge in [0.05, 0.1) is 6.04 Å². The summed E-state index contributed by atoms with van der Waals surface area (Å²) in [4.78, 5) is 16.9. The first kappa shape index (κ1) is 17.5. The number of carbonyl (C=O) groups is 1. The van der Waals surface area contributed by atoms with E-state index in [0.717, 1.165) is 38.4 Å². The van der Waals surface area contributed by atoms with Crippen LogP contribution in [-0.2, 0) is 14.8 Å². The Labute approximate surface area is 153 Å². The summed E-state index contributed by atoms with van der Waals surface area (Å²) >= 11 is 1.26. The third-order valence-electron chi connectivity index (χ3n) is 5.46. The molecule has 0 unspecified atom stereocenters. The van der Waals surface area contributed by atoms with Crippen LogP contribution in [0, 0.1) is 5.92 Å². The highest BCUT2D eigenvalue weighted by atomic mass is 32.2. The van der Waals surface area contributed by atoms with Gasteiger partial charge in [0.1, 0.15) is 4.21 Å². The summed E-state index contributed by atoms with van der Waals surface area (Å²) in [7, 11) is -3.39. The van der Waals surface area contributed by atoms with E-state index in [9.17, 15) is 13.2 Å². The maximum Gasteiger partial charge on any atom is 0.252 e. The van der Waals surface area contributed by atoms with Crippen molar-refractivity contribution < 1.29 is 13.2 Å². The smallest absolute Gasteiger partial charge is 0.252 e. The van der Waals surface area contributed by atoms with Crippen molar-refractivity contribution in [3.63, 3.8) is 0 Å². The van der Waals surface area contributed by atoms with Gasteiger partial charge in [-0.15, -0.1) is 11.3 Å². The van der Waals surface area contributed by atoms with E-state index in [4.69, 9.17) is 0 Å². The quantitative estimate of drug-likeness (QED) is 0.772. The van der Waals surface area contributed by atoms with Crippen molar-refractivity contribution in [3.8, 4) is 0 Å². The average Bonchev–Trinajstić information content (AvgIpc) is 3.18. The van der Waals surface area contributed by atoms with Crippen LogP contribution in [0.2, 0.25) is 0 Å². The predicted octanol–water partition coefficient (Wildman–Crippen LogP) is 1.46. The minimum absolute atomic E-state index is 0.0526. The zero-order valence-corrected chi connectivity index (χ0v) is 16.0. The standard InChI is InChI=1S/C17H25N3O3S2/c21-17-15(6-9-19(17)13-14-4-5-14)18-7-2-8-20(11-10-18)25(22,23)16-3-1-12-24-16/h1,3,12,14-15H,2,4-11,13H2/t15-/m0/s1. The summed E-state index contributed by atoms with van der Waals surface area (Å²) in [5.41, 5.74) is 0. The molecule has 0 spiro atoms. The van der Waals surface area contributed by atoms with Crippen molar-refractivity contribution >= 4 is 27.3 Å². The van der Waals surface area contributed by atoms with E-state index < -0.39 is 10.0 Å². The second kappa shape index (κ2) is 6.98. The Morgan fingerprint density at radius 3 is 2.64 bits per heavy atom. The first-order valence-corrected chi connectivity index (χ1v) is 11.4. The monoisotopic (exact) mass is 383 g/mol. The van der Waals surface area contributed by atoms with Gasteiger partial charge < -0.3 is 4.90 Å². The first-order valence-electron chi connectivity index (χ1n) is 9.12. The van der Waals surface area contributed by atoms with Crippen LogP contribution in [0.5, 0.6) is 0 Å². The Hall–Kier alpha value is -0.960. The normalized spacial score (nSPS) is 27.0. The Bertz CT molecular complexity index is 716. The Morgan fingerprint density at radius 1 is 1.08 bits per heavy atom. The van der Waals surface area contributed by atoms with Gasteiger partial charge in [-0.3, -0.25) is 9.69 Å². The highest BCUT2D eigenvalue weighted by Crippen LogP contribution is 2.32. The number of likely N-dealkylation sites (tertiary alicyclic amines) is 1. The van der Waals surface area contributed by atoms with Crippen molar-refractivity contribution in [2.75, 3.05) is 39.3 Å². The van der Waals surface area contributed by atoms with Crippen LogP contribution in [0.1, 0.15) is 25.7 Å². The molecule has 25 heavy (non-hydrogen) atoms. The number of thiophene rings is 1. The van der Waals surface area contributed by atoms with Crippen molar-refractivity contribution in [1.29, 1.82) is 0 Å². The zero-order chi connectivity index (χ0) is 17.4. The molecule has 3 aliphatic rings. The molecule has 1 aromatic rings. The Balaban J connectivity index is 1.39. The molecule has 0 bridgehead atoms. The molecule has 0 radical (unpaired) electrons. The second-order valence-corrected chi connectivity index (χ2v) is 10.4. The van der Waals surface area contributed by atoms with Crippen LogP contribution >= 0.6 is 11.3 Å². The fourth-order valence-corrected chi connectivity index (χ4v) is 6.47. The number of nitrogens with zero attached hydrogens (tertiary/aromatic N) is 3. The molecule has 1 atom stereocenters. The molecule has 4 rings (SSSR count). The number of sulfonamides is 1. The van der Waals surface area contributed by atoms with Gasteiger partial charge in [-0.2, -0.15) is 4.31 Å². The fourth-order valence-electron chi connectivity index (χ4n) is 3.86. The molecule has 1 aliphatic carbocycles. The molecule has 1 aromatic heterocycles. The van der Waals surface area contributed by atoms with Gasteiger partial charge in [-0.25, -0.2) is 8.42 Å². The van der Waals surface area contributed by atoms with Gasteiger partial charge in [0.15, 0.2) is 0 Å². The van der Waals surface area contributed by atoms with Crippen LogP contribution in [0.25, 0.3) is 0 Å². The lowest BCUT2D eigenvalue weighted by atomic mass is 10.2. The molecule has 6 nitrogen and oxygen atoms in total. The summed E-state index contributed by atoms with van der Waals surface area (Å²) in [6.45, 7) is 4.20. The van der Waals surface area contributed by atoms with Gasteiger partial charge in [0.2, 0.25) is 5.91 Å².